The van der Waals surface area contributed by atoms with Crippen molar-refractivity contribution in [3.63, 3.8) is 0 Å². The first-order chi connectivity index (χ1) is 12.6. The van der Waals surface area contributed by atoms with Crippen molar-refractivity contribution in [1.29, 1.82) is 0 Å². The van der Waals surface area contributed by atoms with Crippen LogP contribution in [0.15, 0.2) is 17.1 Å². The largest absolute Gasteiger partial charge is 0.417 e. The summed E-state index contributed by atoms with van der Waals surface area (Å²) in [6.45, 7) is 5.42. The molecule has 0 bridgehead atoms. The SMILES string of the molecule is CC[C@H](C)n1c(=S)[nH]c(=O)c2c(C(F)(F)F)cc(-c3cnn(C)c3C)nc21. The Bertz CT molecular complexity index is 1140. The lowest BCUT2D eigenvalue weighted by Gasteiger charge is -2.19. The van der Waals surface area contributed by atoms with E-state index in [0.29, 0.717) is 17.7 Å². The molecule has 1 atom stereocenters. The fraction of sp³-hybridized carbons (Fsp3) is 0.412. The van der Waals surface area contributed by atoms with Crippen molar-refractivity contribution in [2.45, 2.75) is 39.4 Å². The van der Waals surface area contributed by atoms with Gasteiger partial charge in [0.1, 0.15) is 5.65 Å². The molecular formula is C17H18F3N5OS. The summed E-state index contributed by atoms with van der Waals surface area (Å²) < 4.78 is 44.4. The molecule has 0 saturated carbocycles. The van der Waals surface area contributed by atoms with Crippen LogP contribution in [-0.2, 0) is 13.2 Å². The lowest BCUT2D eigenvalue weighted by molar-refractivity contribution is -0.136. The maximum absolute atomic E-state index is 13.8. The van der Waals surface area contributed by atoms with E-state index in [4.69, 9.17) is 12.2 Å². The third-order valence-corrected chi connectivity index (χ3v) is 5.04. The molecule has 1 N–H and O–H groups in total. The van der Waals surface area contributed by atoms with E-state index in [0.717, 1.165) is 6.07 Å². The molecule has 3 aromatic heterocycles. The summed E-state index contributed by atoms with van der Waals surface area (Å²) in [6.07, 6.45) is -2.66. The highest BCUT2D eigenvalue weighted by Crippen LogP contribution is 2.36. The summed E-state index contributed by atoms with van der Waals surface area (Å²) in [6, 6.07) is 0.654. The highest BCUT2D eigenvalue weighted by Gasteiger charge is 2.36. The molecule has 0 saturated heterocycles. The average molecular weight is 397 g/mol. The zero-order valence-electron chi connectivity index (χ0n) is 15.2. The number of aromatic nitrogens is 5. The summed E-state index contributed by atoms with van der Waals surface area (Å²) in [5.74, 6) is 0. The van der Waals surface area contributed by atoms with E-state index in [1.54, 1.807) is 18.7 Å². The highest BCUT2D eigenvalue weighted by atomic mass is 32.1. The van der Waals surface area contributed by atoms with Gasteiger partial charge in [-0.15, -0.1) is 0 Å². The molecule has 0 unspecified atom stereocenters. The highest BCUT2D eigenvalue weighted by molar-refractivity contribution is 7.71. The molecule has 0 radical (unpaired) electrons. The number of hydrogen-bond acceptors (Lipinski definition) is 4. The smallest absolute Gasteiger partial charge is 0.300 e. The molecule has 0 aliphatic rings. The molecule has 3 rings (SSSR count). The van der Waals surface area contributed by atoms with Crippen LogP contribution in [0.25, 0.3) is 22.3 Å². The molecule has 0 fully saturated rings. The predicted octanol–water partition coefficient (Wildman–Crippen LogP) is 4.15. The lowest BCUT2D eigenvalue weighted by Crippen LogP contribution is -2.22. The van der Waals surface area contributed by atoms with Crippen molar-refractivity contribution >= 4 is 23.3 Å². The minimum absolute atomic E-state index is 0.0440. The summed E-state index contributed by atoms with van der Waals surface area (Å²) in [7, 11) is 1.69. The van der Waals surface area contributed by atoms with E-state index < -0.39 is 22.7 Å². The molecule has 10 heteroatoms. The van der Waals surface area contributed by atoms with Gasteiger partial charge in [0.05, 0.1) is 22.8 Å². The third kappa shape index (κ3) is 3.18. The second-order valence-electron chi connectivity index (χ2n) is 6.41. The summed E-state index contributed by atoms with van der Waals surface area (Å²) >= 11 is 5.21. The zero-order chi connectivity index (χ0) is 20.1. The van der Waals surface area contributed by atoms with Gasteiger partial charge in [0.25, 0.3) is 5.56 Å². The van der Waals surface area contributed by atoms with Crippen molar-refractivity contribution in [2.24, 2.45) is 7.05 Å². The summed E-state index contributed by atoms with van der Waals surface area (Å²) in [4.78, 5) is 19.1. The van der Waals surface area contributed by atoms with Gasteiger partial charge in [0, 0.05) is 24.3 Å². The summed E-state index contributed by atoms with van der Waals surface area (Å²) in [5, 5.41) is 3.56. The van der Waals surface area contributed by atoms with Crippen LogP contribution in [-0.4, -0.2) is 24.3 Å². The van der Waals surface area contributed by atoms with Gasteiger partial charge < -0.3 is 0 Å². The number of pyridine rings is 1. The van der Waals surface area contributed by atoms with Crippen molar-refractivity contribution in [2.75, 3.05) is 0 Å². The number of nitrogens with one attached hydrogen (secondary N) is 1. The molecule has 0 amide bonds. The van der Waals surface area contributed by atoms with E-state index >= 15 is 0 Å². The van der Waals surface area contributed by atoms with Gasteiger partial charge in [-0.25, -0.2) is 4.98 Å². The van der Waals surface area contributed by atoms with E-state index in [2.05, 4.69) is 15.1 Å². The number of rotatable bonds is 3. The first-order valence-corrected chi connectivity index (χ1v) is 8.72. The molecule has 0 aliphatic carbocycles. The van der Waals surface area contributed by atoms with Crippen LogP contribution < -0.4 is 5.56 Å². The van der Waals surface area contributed by atoms with Crippen molar-refractivity contribution in [3.8, 4) is 11.3 Å². The van der Waals surface area contributed by atoms with Crippen LogP contribution in [0.3, 0.4) is 0 Å². The number of alkyl halides is 3. The Kier molecular flexibility index (Phi) is 4.71. The molecule has 0 aliphatic heterocycles. The number of nitrogens with zero attached hydrogens (tertiary/aromatic N) is 4. The summed E-state index contributed by atoms with van der Waals surface area (Å²) in [5.41, 5.74) is -0.799. The van der Waals surface area contributed by atoms with Gasteiger partial charge in [-0.2, -0.15) is 18.3 Å². The molecule has 3 heterocycles. The van der Waals surface area contributed by atoms with Gasteiger partial charge in [-0.3, -0.25) is 19.0 Å². The van der Waals surface area contributed by atoms with E-state index in [1.807, 2.05) is 13.8 Å². The normalized spacial score (nSPS) is 13.3. The third-order valence-electron chi connectivity index (χ3n) is 4.74. The second kappa shape index (κ2) is 6.59. The van der Waals surface area contributed by atoms with Gasteiger partial charge in [-0.1, -0.05) is 6.92 Å². The zero-order valence-corrected chi connectivity index (χ0v) is 16.0. The van der Waals surface area contributed by atoms with Gasteiger partial charge in [0.2, 0.25) is 0 Å². The lowest BCUT2D eigenvalue weighted by atomic mass is 10.1. The topological polar surface area (TPSA) is 68.5 Å². The van der Waals surface area contributed by atoms with E-state index in [1.165, 1.54) is 10.8 Å². The van der Waals surface area contributed by atoms with Crippen LogP contribution in [0.4, 0.5) is 13.2 Å². The average Bonchev–Trinajstić information content (AvgIpc) is 2.91. The van der Waals surface area contributed by atoms with Gasteiger partial charge in [-0.05, 0) is 38.6 Å². The van der Waals surface area contributed by atoms with Gasteiger partial charge in [0.15, 0.2) is 4.77 Å². The first-order valence-electron chi connectivity index (χ1n) is 8.32. The monoisotopic (exact) mass is 397 g/mol. The van der Waals surface area contributed by atoms with Crippen LogP contribution in [0.2, 0.25) is 0 Å². The Labute approximate surface area is 157 Å². The van der Waals surface area contributed by atoms with E-state index in [-0.39, 0.29) is 22.2 Å². The molecule has 3 aromatic rings. The minimum atomic E-state index is -4.73. The van der Waals surface area contributed by atoms with Crippen molar-refractivity contribution < 1.29 is 13.2 Å². The van der Waals surface area contributed by atoms with Crippen molar-refractivity contribution in [3.05, 3.63) is 38.6 Å². The minimum Gasteiger partial charge on any atom is -0.300 e. The fourth-order valence-electron chi connectivity index (χ4n) is 2.95. The molecule has 144 valence electrons. The Balaban J connectivity index is 2.54. The molecule has 6 nitrogen and oxygen atoms in total. The van der Waals surface area contributed by atoms with Crippen LogP contribution in [0.5, 0.6) is 0 Å². The standard InChI is InChI=1S/C17H18F3N5OS/c1-5-8(2)25-14-13(15(26)23-16(25)27)11(17(18,19)20)6-12(22-14)10-7-21-24(4)9(10)3/h6-8H,5H2,1-4H3,(H,23,26,27)/t8-/m0/s1. The number of H-pyrrole nitrogens is 1. The van der Waals surface area contributed by atoms with Crippen LogP contribution >= 0.6 is 12.2 Å². The fourth-order valence-corrected chi connectivity index (χ4v) is 3.31. The first kappa shape index (κ1) is 19.3. The number of aryl methyl sites for hydroxylation is 1. The Morgan fingerprint density at radius 3 is 2.56 bits per heavy atom. The van der Waals surface area contributed by atoms with Crippen molar-refractivity contribution in [1.82, 2.24) is 24.3 Å². The predicted molar refractivity (Wildman–Crippen MR) is 98.1 cm³/mol. The van der Waals surface area contributed by atoms with Gasteiger partial charge >= 0.3 is 6.18 Å². The second-order valence-corrected chi connectivity index (χ2v) is 6.79. The number of hydrogen-bond donors (Lipinski definition) is 1. The quantitative estimate of drug-likeness (QED) is 0.674. The molecular weight excluding hydrogens is 379 g/mol. The van der Waals surface area contributed by atoms with E-state index in [9.17, 15) is 18.0 Å². The number of fused-ring (bicyclic) bond motifs is 1. The number of halogens is 3. The van der Waals surface area contributed by atoms with Crippen LogP contribution in [0, 0.1) is 11.7 Å². The maximum Gasteiger partial charge on any atom is 0.417 e. The Morgan fingerprint density at radius 2 is 2.04 bits per heavy atom. The molecule has 0 aromatic carbocycles. The Morgan fingerprint density at radius 1 is 1.37 bits per heavy atom. The Hall–Kier alpha value is -2.49. The molecule has 27 heavy (non-hydrogen) atoms. The van der Waals surface area contributed by atoms with Crippen LogP contribution in [0.1, 0.15) is 37.6 Å². The molecule has 0 spiro atoms. The maximum atomic E-state index is 13.8. The number of aromatic amines is 1.